The summed E-state index contributed by atoms with van der Waals surface area (Å²) in [7, 11) is 1.83. The summed E-state index contributed by atoms with van der Waals surface area (Å²) in [6.45, 7) is 8.39. The molecule has 2 heterocycles. The molecule has 0 radical (unpaired) electrons. The molecular weight excluding hydrogens is 188 g/mol. The second-order valence-electron chi connectivity index (χ2n) is 5.47. The Kier molecular flexibility index (Phi) is 3.65. The normalized spacial score (nSPS) is 38.4. The first kappa shape index (κ1) is 11.4. The molecule has 2 fully saturated rings. The van der Waals surface area contributed by atoms with Crippen molar-refractivity contribution in [3.63, 3.8) is 0 Å². The molecule has 3 nitrogen and oxygen atoms in total. The summed E-state index contributed by atoms with van der Waals surface area (Å²) in [5.74, 6) is 0. The van der Waals surface area contributed by atoms with E-state index in [0.717, 1.165) is 6.54 Å². The van der Waals surface area contributed by atoms with Crippen molar-refractivity contribution in [2.75, 3.05) is 39.8 Å². The summed E-state index contributed by atoms with van der Waals surface area (Å²) in [5, 5.41) is 3.52. The van der Waals surface area contributed by atoms with Crippen molar-refractivity contribution in [3.05, 3.63) is 0 Å². The van der Waals surface area contributed by atoms with Gasteiger partial charge in [-0.2, -0.15) is 0 Å². The number of nitrogens with zero attached hydrogens (tertiary/aromatic N) is 1. The van der Waals surface area contributed by atoms with Gasteiger partial charge in [-0.3, -0.25) is 0 Å². The molecule has 15 heavy (non-hydrogen) atoms. The van der Waals surface area contributed by atoms with E-state index >= 15 is 0 Å². The maximum Gasteiger partial charge on any atom is 0.0710 e. The number of hydrogen-bond acceptors (Lipinski definition) is 3. The van der Waals surface area contributed by atoms with E-state index in [0.29, 0.717) is 11.5 Å². The van der Waals surface area contributed by atoms with Gasteiger partial charge < -0.3 is 15.0 Å². The van der Waals surface area contributed by atoms with E-state index in [2.05, 4.69) is 17.1 Å². The van der Waals surface area contributed by atoms with Gasteiger partial charge in [-0.15, -0.1) is 0 Å². The quantitative estimate of drug-likeness (QED) is 0.758. The fourth-order valence-corrected chi connectivity index (χ4v) is 2.93. The van der Waals surface area contributed by atoms with Crippen molar-refractivity contribution in [2.45, 2.75) is 32.3 Å². The zero-order chi connectivity index (χ0) is 10.7. The van der Waals surface area contributed by atoms with Gasteiger partial charge in [0.15, 0.2) is 0 Å². The third-order valence-corrected chi connectivity index (χ3v) is 3.85. The predicted octanol–water partition coefficient (Wildman–Crippen LogP) is 1.10. The first-order chi connectivity index (χ1) is 7.22. The van der Waals surface area contributed by atoms with Crippen LogP contribution in [0.25, 0.3) is 0 Å². The molecule has 0 bridgehead atoms. The number of hydrogen-bond donors (Lipinski definition) is 1. The Morgan fingerprint density at radius 3 is 3.00 bits per heavy atom. The predicted molar refractivity (Wildman–Crippen MR) is 62.1 cm³/mol. The Morgan fingerprint density at radius 2 is 2.40 bits per heavy atom. The monoisotopic (exact) mass is 212 g/mol. The standard InChI is InChI=1S/C12H24N2O/c1-12(5-3-6-13-9-12)10-14-7-4-11(8-14)15-2/h11,13H,3-10H2,1-2H3. The van der Waals surface area contributed by atoms with E-state index in [1.807, 2.05) is 7.11 Å². The Balaban J connectivity index is 1.80. The van der Waals surface area contributed by atoms with Crippen LogP contribution in [0, 0.1) is 5.41 Å². The number of nitrogens with one attached hydrogen (secondary N) is 1. The molecule has 2 aliphatic rings. The fraction of sp³-hybridized carbons (Fsp3) is 1.00. The van der Waals surface area contributed by atoms with Crippen LogP contribution in [0.3, 0.4) is 0 Å². The highest BCUT2D eigenvalue weighted by Gasteiger charge is 2.32. The first-order valence-corrected chi connectivity index (χ1v) is 6.18. The fourth-order valence-electron chi connectivity index (χ4n) is 2.93. The van der Waals surface area contributed by atoms with Crippen LogP contribution in [0.4, 0.5) is 0 Å². The van der Waals surface area contributed by atoms with Crippen LogP contribution in [-0.2, 0) is 4.74 Å². The second-order valence-corrected chi connectivity index (χ2v) is 5.47. The number of rotatable bonds is 3. The lowest BCUT2D eigenvalue weighted by Crippen LogP contribution is -2.45. The van der Waals surface area contributed by atoms with Crippen molar-refractivity contribution in [3.8, 4) is 0 Å². The van der Waals surface area contributed by atoms with Crippen LogP contribution in [-0.4, -0.2) is 50.8 Å². The molecule has 0 aromatic carbocycles. The van der Waals surface area contributed by atoms with Gasteiger partial charge >= 0.3 is 0 Å². The molecule has 0 aromatic heterocycles. The minimum atomic E-state index is 0.477. The number of methoxy groups -OCH3 is 1. The molecule has 2 rings (SSSR count). The largest absolute Gasteiger partial charge is 0.380 e. The Bertz CT molecular complexity index is 202. The zero-order valence-electron chi connectivity index (χ0n) is 10.1. The van der Waals surface area contributed by atoms with Crippen LogP contribution in [0.2, 0.25) is 0 Å². The molecule has 3 heteroatoms. The highest BCUT2D eigenvalue weighted by atomic mass is 16.5. The molecule has 2 atom stereocenters. The molecule has 2 unspecified atom stereocenters. The van der Waals surface area contributed by atoms with Gasteiger partial charge in [0.1, 0.15) is 0 Å². The summed E-state index contributed by atoms with van der Waals surface area (Å²) >= 11 is 0. The van der Waals surface area contributed by atoms with E-state index < -0.39 is 0 Å². The summed E-state index contributed by atoms with van der Waals surface area (Å²) in [4.78, 5) is 2.57. The molecule has 0 amide bonds. The highest BCUT2D eigenvalue weighted by Crippen LogP contribution is 2.28. The van der Waals surface area contributed by atoms with Crippen LogP contribution >= 0.6 is 0 Å². The van der Waals surface area contributed by atoms with Gasteiger partial charge in [-0.05, 0) is 31.2 Å². The van der Waals surface area contributed by atoms with Crippen LogP contribution in [0.1, 0.15) is 26.2 Å². The Morgan fingerprint density at radius 1 is 1.53 bits per heavy atom. The number of piperidine rings is 1. The van der Waals surface area contributed by atoms with Gasteiger partial charge in [-0.1, -0.05) is 6.92 Å². The topological polar surface area (TPSA) is 24.5 Å². The zero-order valence-corrected chi connectivity index (χ0v) is 10.1. The van der Waals surface area contributed by atoms with Gasteiger partial charge in [0, 0.05) is 33.3 Å². The smallest absolute Gasteiger partial charge is 0.0710 e. The van der Waals surface area contributed by atoms with Crippen LogP contribution in [0.5, 0.6) is 0 Å². The lowest BCUT2D eigenvalue weighted by atomic mass is 9.82. The molecule has 88 valence electrons. The SMILES string of the molecule is COC1CCN(CC2(C)CCCNC2)C1. The van der Waals surface area contributed by atoms with Gasteiger partial charge in [0.25, 0.3) is 0 Å². The summed E-state index contributed by atoms with van der Waals surface area (Å²) in [5.41, 5.74) is 0.487. The van der Waals surface area contributed by atoms with Gasteiger partial charge in [0.2, 0.25) is 0 Å². The molecule has 2 saturated heterocycles. The maximum atomic E-state index is 5.41. The number of ether oxygens (including phenoxy) is 1. The molecule has 0 spiro atoms. The van der Waals surface area contributed by atoms with Crippen LogP contribution in [0.15, 0.2) is 0 Å². The van der Waals surface area contributed by atoms with E-state index in [4.69, 9.17) is 4.74 Å². The third-order valence-electron chi connectivity index (χ3n) is 3.85. The van der Waals surface area contributed by atoms with Gasteiger partial charge in [0.05, 0.1) is 6.10 Å². The molecule has 2 aliphatic heterocycles. The lowest BCUT2D eigenvalue weighted by Gasteiger charge is -2.37. The second kappa shape index (κ2) is 4.81. The van der Waals surface area contributed by atoms with Gasteiger partial charge in [-0.25, -0.2) is 0 Å². The molecule has 0 saturated carbocycles. The lowest BCUT2D eigenvalue weighted by molar-refractivity contribution is 0.0941. The minimum Gasteiger partial charge on any atom is -0.380 e. The van der Waals surface area contributed by atoms with Crippen molar-refractivity contribution >= 4 is 0 Å². The summed E-state index contributed by atoms with van der Waals surface area (Å²) in [6.07, 6.45) is 4.39. The molecule has 0 aliphatic carbocycles. The third kappa shape index (κ3) is 2.92. The van der Waals surface area contributed by atoms with E-state index in [-0.39, 0.29) is 0 Å². The Labute approximate surface area is 93.2 Å². The summed E-state index contributed by atoms with van der Waals surface area (Å²) < 4.78 is 5.41. The molecular formula is C12H24N2O. The molecule has 1 N–H and O–H groups in total. The molecule has 0 aromatic rings. The highest BCUT2D eigenvalue weighted by molar-refractivity contribution is 4.87. The van der Waals surface area contributed by atoms with E-state index in [1.165, 1.54) is 45.4 Å². The van der Waals surface area contributed by atoms with Crippen molar-refractivity contribution in [2.24, 2.45) is 5.41 Å². The van der Waals surface area contributed by atoms with E-state index in [1.54, 1.807) is 0 Å². The van der Waals surface area contributed by atoms with Crippen molar-refractivity contribution in [1.82, 2.24) is 10.2 Å². The van der Waals surface area contributed by atoms with Crippen LogP contribution < -0.4 is 5.32 Å². The first-order valence-electron chi connectivity index (χ1n) is 6.18. The number of likely N-dealkylation sites (tertiary alicyclic amines) is 1. The average Bonchev–Trinajstić information content (AvgIpc) is 2.66. The maximum absolute atomic E-state index is 5.41. The Hall–Kier alpha value is -0.120. The minimum absolute atomic E-state index is 0.477. The van der Waals surface area contributed by atoms with E-state index in [9.17, 15) is 0 Å². The van der Waals surface area contributed by atoms with Crippen molar-refractivity contribution in [1.29, 1.82) is 0 Å². The summed E-state index contributed by atoms with van der Waals surface area (Å²) in [6, 6.07) is 0. The average molecular weight is 212 g/mol. The van der Waals surface area contributed by atoms with Crippen molar-refractivity contribution < 1.29 is 4.74 Å².